The van der Waals surface area contributed by atoms with E-state index in [0.29, 0.717) is 5.92 Å². The van der Waals surface area contributed by atoms with Crippen LogP contribution in [0, 0.1) is 5.92 Å². The van der Waals surface area contributed by atoms with Gasteiger partial charge >= 0.3 is 5.97 Å². The first-order valence-electron chi connectivity index (χ1n) is 3.00. The molecule has 0 unspecified atom stereocenters. The first kappa shape index (κ1) is 8.21. The Labute approximate surface area is 55.2 Å². The fourth-order valence-corrected chi connectivity index (χ4v) is 0.436. The first-order chi connectivity index (χ1) is 4.13. The molecule has 2 heteroatoms. The zero-order valence-electron chi connectivity index (χ0n) is 5.76. The number of rotatable bonds is 3. The predicted octanol–water partition coefficient (Wildman–Crippen LogP) is 1.55. The van der Waals surface area contributed by atoms with Crippen LogP contribution >= 0.6 is 0 Å². The highest BCUT2D eigenvalue weighted by molar-refractivity contribution is 5.79. The molecule has 0 aromatic rings. The normalized spacial score (nSPS) is 11.0. The van der Waals surface area contributed by atoms with Crippen LogP contribution in [0.4, 0.5) is 0 Å². The smallest absolute Gasteiger partial charge is 0.242 e. The molecule has 0 heterocycles. The van der Waals surface area contributed by atoms with Gasteiger partial charge in [-0.25, -0.2) is 9.90 Å². The van der Waals surface area contributed by atoms with Crippen molar-refractivity contribution in [2.24, 2.45) is 5.92 Å². The highest BCUT2D eigenvalue weighted by Crippen LogP contribution is 1.98. The number of hydrogen-bond acceptors (Lipinski definition) is 1. The van der Waals surface area contributed by atoms with Crippen LogP contribution in [0.25, 0.3) is 0 Å². The zero-order chi connectivity index (χ0) is 7.28. The van der Waals surface area contributed by atoms with Crippen molar-refractivity contribution in [3.8, 4) is 0 Å². The van der Waals surface area contributed by atoms with Crippen molar-refractivity contribution in [3.05, 3.63) is 12.2 Å². The maximum atomic E-state index is 9.78. The Morgan fingerprint density at radius 1 is 1.56 bits per heavy atom. The molecule has 2 nitrogen and oxygen atoms in total. The monoisotopic (exact) mass is 127 g/mol. The first-order valence-corrected chi connectivity index (χ1v) is 3.00. The number of carbonyl (C=O) groups is 1. The summed E-state index contributed by atoms with van der Waals surface area (Å²) in [6.07, 6.45) is 3.48. The van der Waals surface area contributed by atoms with Gasteiger partial charge in [-0.15, -0.1) is 0 Å². The summed E-state index contributed by atoms with van der Waals surface area (Å²) >= 11 is 0. The van der Waals surface area contributed by atoms with Crippen molar-refractivity contribution < 1.29 is 9.90 Å². The second-order valence-corrected chi connectivity index (χ2v) is 2.35. The molecule has 0 spiro atoms. The van der Waals surface area contributed by atoms with Gasteiger partial charge in [0.25, 0.3) is 0 Å². The molecule has 0 rings (SSSR count). The minimum absolute atomic E-state index is 0.514. The zero-order valence-corrected chi connectivity index (χ0v) is 5.76. The lowest BCUT2D eigenvalue weighted by Crippen LogP contribution is -1.86. The van der Waals surface area contributed by atoms with Crippen molar-refractivity contribution >= 4 is 5.97 Å². The molecule has 0 saturated heterocycles. The fourth-order valence-electron chi connectivity index (χ4n) is 0.436. The Hall–Kier alpha value is -0.790. The molecule has 0 bridgehead atoms. The van der Waals surface area contributed by atoms with E-state index in [1.54, 1.807) is 6.08 Å². The van der Waals surface area contributed by atoms with Crippen LogP contribution in [-0.4, -0.2) is 5.97 Å². The summed E-state index contributed by atoms with van der Waals surface area (Å²) in [4.78, 5) is 9.78. The van der Waals surface area contributed by atoms with E-state index in [4.69, 9.17) is 0 Å². The van der Waals surface area contributed by atoms with Gasteiger partial charge in [0.2, 0.25) is 0 Å². The topological polar surface area (TPSA) is 37.0 Å². The van der Waals surface area contributed by atoms with E-state index in [0.717, 1.165) is 12.5 Å². The Morgan fingerprint density at radius 2 is 2.11 bits per heavy atom. The van der Waals surface area contributed by atoms with Gasteiger partial charge in [-0.2, -0.15) is 0 Å². The van der Waals surface area contributed by atoms with E-state index in [1.165, 1.54) is 0 Å². The second kappa shape index (κ2) is 4.13. The van der Waals surface area contributed by atoms with Gasteiger partial charge in [0.15, 0.2) is 0 Å². The summed E-state index contributed by atoms with van der Waals surface area (Å²) in [7, 11) is 0. The highest BCUT2D eigenvalue weighted by atomic mass is 16.4. The minimum Gasteiger partial charge on any atom is -0.242 e. The minimum atomic E-state index is -1.12. The third-order valence-corrected chi connectivity index (χ3v) is 0.861. The van der Waals surface area contributed by atoms with Crippen LogP contribution in [0.2, 0.25) is 0 Å². The lowest BCUT2D eigenvalue weighted by Gasteiger charge is -1.93. The number of allylic oxidation sites excluding steroid dienone is 1. The summed E-state index contributed by atoms with van der Waals surface area (Å²) in [5.74, 6) is -0.601. The van der Waals surface area contributed by atoms with E-state index in [-0.39, 0.29) is 0 Å². The van der Waals surface area contributed by atoms with E-state index < -0.39 is 5.97 Å². The molecule has 0 atom stereocenters. The lowest BCUT2D eigenvalue weighted by molar-refractivity contribution is -0.137. The molecular formula is C7H11O2. The molecule has 0 aliphatic carbocycles. The van der Waals surface area contributed by atoms with Crippen molar-refractivity contribution in [2.75, 3.05) is 0 Å². The Bertz CT molecular complexity index is 114. The molecule has 0 aromatic carbocycles. The summed E-state index contributed by atoms with van der Waals surface area (Å²) < 4.78 is 0. The Morgan fingerprint density at radius 3 is 2.44 bits per heavy atom. The molecule has 0 aliphatic rings. The van der Waals surface area contributed by atoms with Crippen molar-refractivity contribution in [3.63, 3.8) is 0 Å². The van der Waals surface area contributed by atoms with E-state index >= 15 is 0 Å². The summed E-state index contributed by atoms with van der Waals surface area (Å²) in [6.45, 7) is 4.05. The van der Waals surface area contributed by atoms with Crippen LogP contribution < -0.4 is 0 Å². The third kappa shape index (κ3) is 7.21. The largest absolute Gasteiger partial charge is 0.378 e. The van der Waals surface area contributed by atoms with E-state index in [1.807, 2.05) is 13.8 Å². The summed E-state index contributed by atoms with van der Waals surface area (Å²) in [5.41, 5.74) is 0. The standard InChI is InChI=1S/C7H11O2/c1-6(2)4-3-5-7(8)9/h3,5-6H,4H2,1-2H3. The van der Waals surface area contributed by atoms with Crippen molar-refractivity contribution in [2.45, 2.75) is 20.3 Å². The third-order valence-electron chi connectivity index (χ3n) is 0.861. The van der Waals surface area contributed by atoms with Gasteiger partial charge in [-0.1, -0.05) is 19.9 Å². The van der Waals surface area contributed by atoms with Crippen LogP contribution in [0.1, 0.15) is 20.3 Å². The molecule has 0 amide bonds. The van der Waals surface area contributed by atoms with E-state index in [9.17, 15) is 9.90 Å². The van der Waals surface area contributed by atoms with Gasteiger partial charge < -0.3 is 0 Å². The molecule has 0 N–H and O–H groups in total. The highest BCUT2D eigenvalue weighted by Gasteiger charge is 1.90. The molecule has 0 fully saturated rings. The van der Waals surface area contributed by atoms with Gasteiger partial charge in [-0.3, -0.25) is 0 Å². The molecule has 0 aliphatic heterocycles. The average Bonchev–Trinajstić information content (AvgIpc) is 1.63. The van der Waals surface area contributed by atoms with Gasteiger partial charge in [0.1, 0.15) is 0 Å². The SMILES string of the molecule is CC(C)CC=CC([O])=O. The predicted molar refractivity (Wildman–Crippen MR) is 34.3 cm³/mol. The summed E-state index contributed by atoms with van der Waals surface area (Å²) in [5, 5.41) is 9.78. The molecule has 1 radical (unpaired) electrons. The van der Waals surface area contributed by atoms with Crippen LogP contribution in [0.15, 0.2) is 12.2 Å². The Balaban J connectivity index is 3.36. The van der Waals surface area contributed by atoms with Crippen LogP contribution in [0.3, 0.4) is 0 Å². The van der Waals surface area contributed by atoms with Gasteiger partial charge in [-0.05, 0) is 12.3 Å². The molecule has 51 valence electrons. The number of hydrogen-bond donors (Lipinski definition) is 0. The van der Waals surface area contributed by atoms with E-state index in [2.05, 4.69) is 0 Å². The molecule has 9 heavy (non-hydrogen) atoms. The fraction of sp³-hybridized carbons (Fsp3) is 0.571. The maximum absolute atomic E-state index is 9.78. The second-order valence-electron chi connectivity index (χ2n) is 2.35. The lowest BCUT2D eigenvalue weighted by atomic mass is 10.1. The van der Waals surface area contributed by atoms with Gasteiger partial charge in [0, 0.05) is 6.08 Å². The number of carbonyl (C=O) groups excluding carboxylic acids is 1. The van der Waals surface area contributed by atoms with Crippen LogP contribution in [0.5, 0.6) is 0 Å². The molecule has 0 aromatic heterocycles. The van der Waals surface area contributed by atoms with Crippen molar-refractivity contribution in [1.82, 2.24) is 0 Å². The molecule has 0 saturated carbocycles. The quantitative estimate of drug-likeness (QED) is 0.530. The van der Waals surface area contributed by atoms with Gasteiger partial charge in [0.05, 0.1) is 0 Å². The molecular weight excluding hydrogens is 116 g/mol. The van der Waals surface area contributed by atoms with Crippen LogP contribution in [-0.2, 0) is 9.90 Å². The Kier molecular flexibility index (Phi) is 3.76. The maximum Gasteiger partial charge on any atom is 0.378 e. The summed E-state index contributed by atoms with van der Waals surface area (Å²) in [6, 6.07) is 0. The van der Waals surface area contributed by atoms with Crippen molar-refractivity contribution in [1.29, 1.82) is 0 Å². The average molecular weight is 127 g/mol.